The molecule has 0 N–H and O–H groups in total. The van der Waals surface area contributed by atoms with Crippen LogP contribution in [0.25, 0.3) is 0 Å². The molecule has 3 unspecified atom stereocenters. The van der Waals surface area contributed by atoms with E-state index in [0.717, 1.165) is 17.9 Å². The third-order valence-corrected chi connectivity index (χ3v) is 4.61. The van der Waals surface area contributed by atoms with Gasteiger partial charge in [-0.25, -0.2) is 0 Å². The molecule has 2 fully saturated rings. The van der Waals surface area contributed by atoms with Crippen LogP contribution >= 0.6 is 11.8 Å². The van der Waals surface area contributed by atoms with E-state index < -0.39 is 0 Å². The average Bonchev–Trinajstić information content (AvgIpc) is 2.65. The van der Waals surface area contributed by atoms with Gasteiger partial charge in [-0.05, 0) is 25.2 Å². The molecule has 3 heteroatoms. The number of carbonyl (C=O) groups is 1. The van der Waals surface area contributed by atoms with Gasteiger partial charge in [-0.2, -0.15) is 11.8 Å². The van der Waals surface area contributed by atoms with Gasteiger partial charge in [0.15, 0.2) is 0 Å². The van der Waals surface area contributed by atoms with Crippen LogP contribution in [0.3, 0.4) is 0 Å². The molecule has 1 heterocycles. The SMILES string of the molecule is COC1CCCC(C2CSCC2=O)C1. The van der Waals surface area contributed by atoms with Crippen molar-refractivity contribution in [1.82, 2.24) is 0 Å². The summed E-state index contributed by atoms with van der Waals surface area (Å²) >= 11 is 1.80. The summed E-state index contributed by atoms with van der Waals surface area (Å²) in [6.07, 6.45) is 5.16. The average molecular weight is 214 g/mol. The zero-order valence-electron chi connectivity index (χ0n) is 8.70. The van der Waals surface area contributed by atoms with Crippen molar-refractivity contribution in [2.45, 2.75) is 31.8 Å². The molecule has 0 aromatic carbocycles. The molecule has 2 aliphatic rings. The number of Topliss-reactive ketones (excluding diaryl/α,β-unsaturated/α-hetero) is 1. The van der Waals surface area contributed by atoms with Crippen LogP contribution in [0.1, 0.15) is 25.7 Å². The van der Waals surface area contributed by atoms with Crippen molar-refractivity contribution >= 4 is 17.5 Å². The summed E-state index contributed by atoms with van der Waals surface area (Å²) in [4.78, 5) is 11.6. The normalized spacial score (nSPS) is 38.9. The molecule has 0 aromatic heterocycles. The Morgan fingerprint density at radius 2 is 2.29 bits per heavy atom. The first kappa shape index (κ1) is 10.5. The smallest absolute Gasteiger partial charge is 0.146 e. The van der Waals surface area contributed by atoms with E-state index in [4.69, 9.17) is 4.74 Å². The molecule has 1 aliphatic carbocycles. The molecule has 80 valence electrons. The van der Waals surface area contributed by atoms with E-state index in [0.29, 0.717) is 23.7 Å². The Labute approximate surface area is 89.8 Å². The van der Waals surface area contributed by atoms with E-state index in [9.17, 15) is 4.79 Å². The van der Waals surface area contributed by atoms with Gasteiger partial charge in [-0.1, -0.05) is 6.42 Å². The first-order valence-electron chi connectivity index (χ1n) is 5.44. The van der Waals surface area contributed by atoms with E-state index in [1.807, 2.05) is 0 Å². The van der Waals surface area contributed by atoms with Crippen LogP contribution < -0.4 is 0 Å². The van der Waals surface area contributed by atoms with Crippen molar-refractivity contribution in [3.8, 4) is 0 Å². The number of hydrogen-bond donors (Lipinski definition) is 0. The predicted octanol–water partition coefficient (Wildman–Crippen LogP) is 2.12. The summed E-state index contributed by atoms with van der Waals surface area (Å²) in [5.41, 5.74) is 0. The van der Waals surface area contributed by atoms with Crippen molar-refractivity contribution in [2.75, 3.05) is 18.6 Å². The van der Waals surface area contributed by atoms with Gasteiger partial charge in [-0.15, -0.1) is 0 Å². The van der Waals surface area contributed by atoms with Gasteiger partial charge in [0.25, 0.3) is 0 Å². The fourth-order valence-electron chi connectivity index (χ4n) is 2.65. The van der Waals surface area contributed by atoms with Gasteiger partial charge < -0.3 is 4.74 Å². The molecule has 0 radical (unpaired) electrons. The first-order valence-corrected chi connectivity index (χ1v) is 6.60. The van der Waals surface area contributed by atoms with Gasteiger partial charge in [0, 0.05) is 18.8 Å². The molecule has 1 saturated carbocycles. The van der Waals surface area contributed by atoms with Crippen LogP contribution in [-0.4, -0.2) is 30.5 Å². The quantitative estimate of drug-likeness (QED) is 0.704. The number of methoxy groups -OCH3 is 1. The Balaban J connectivity index is 1.93. The van der Waals surface area contributed by atoms with Crippen molar-refractivity contribution < 1.29 is 9.53 Å². The Kier molecular flexibility index (Phi) is 3.50. The molecular weight excluding hydrogens is 196 g/mol. The summed E-state index contributed by atoms with van der Waals surface area (Å²) in [7, 11) is 1.79. The second kappa shape index (κ2) is 4.67. The number of ether oxygens (including phenoxy) is 1. The van der Waals surface area contributed by atoms with Gasteiger partial charge in [-0.3, -0.25) is 4.79 Å². The fourth-order valence-corrected chi connectivity index (χ4v) is 3.89. The molecule has 2 rings (SSSR count). The van der Waals surface area contributed by atoms with E-state index in [1.165, 1.54) is 19.3 Å². The van der Waals surface area contributed by atoms with Crippen LogP contribution in [0.5, 0.6) is 0 Å². The Morgan fingerprint density at radius 1 is 1.43 bits per heavy atom. The molecule has 14 heavy (non-hydrogen) atoms. The molecule has 3 atom stereocenters. The highest BCUT2D eigenvalue weighted by Crippen LogP contribution is 2.36. The number of ketones is 1. The minimum Gasteiger partial charge on any atom is -0.381 e. The Hall–Kier alpha value is -0.0200. The van der Waals surface area contributed by atoms with E-state index in [2.05, 4.69) is 0 Å². The summed E-state index contributed by atoms with van der Waals surface area (Å²) in [6, 6.07) is 0. The third-order valence-electron chi connectivity index (χ3n) is 3.52. The minimum absolute atomic E-state index is 0.345. The zero-order chi connectivity index (χ0) is 9.97. The summed E-state index contributed by atoms with van der Waals surface area (Å²) in [5, 5.41) is 0. The minimum atomic E-state index is 0.345. The molecule has 0 aromatic rings. The second-order valence-corrected chi connectivity index (χ2v) is 5.40. The van der Waals surface area contributed by atoms with Crippen molar-refractivity contribution in [2.24, 2.45) is 11.8 Å². The lowest BCUT2D eigenvalue weighted by Crippen LogP contribution is -2.30. The number of carbonyl (C=O) groups excluding carboxylic acids is 1. The molecule has 1 aliphatic heterocycles. The van der Waals surface area contributed by atoms with Crippen LogP contribution in [0.15, 0.2) is 0 Å². The lowest BCUT2D eigenvalue weighted by Gasteiger charge is -2.31. The number of thioether (sulfide) groups is 1. The van der Waals surface area contributed by atoms with Gasteiger partial charge in [0.1, 0.15) is 5.78 Å². The third kappa shape index (κ3) is 2.14. The van der Waals surface area contributed by atoms with E-state index in [-0.39, 0.29) is 0 Å². The highest BCUT2D eigenvalue weighted by Gasteiger charge is 2.35. The maximum absolute atomic E-state index is 11.6. The molecular formula is C11H18O2S. The van der Waals surface area contributed by atoms with Crippen molar-refractivity contribution in [3.63, 3.8) is 0 Å². The van der Waals surface area contributed by atoms with E-state index in [1.54, 1.807) is 18.9 Å². The molecule has 0 amide bonds. The maximum Gasteiger partial charge on any atom is 0.146 e. The molecule has 0 bridgehead atoms. The lowest BCUT2D eigenvalue weighted by atomic mass is 9.78. The number of hydrogen-bond acceptors (Lipinski definition) is 3. The second-order valence-electron chi connectivity index (χ2n) is 4.37. The van der Waals surface area contributed by atoms with Crippen LogP contribution in [-0.2, 0) is 9.53 Å². The number of rotatable bonds is 2. The van der Waals surface area contributed by atoms with Crippen LogP contribution in [0, 0.1) is 11.8 Å². The highest BCUT2D eigenvalue weighted by atomic mass is 32.2. The molecule has 1 saturated heterocycles. The molecule has 0 spiro atoms. The lowest BCUT2D eigenvalue weighted by molar-refractivity contribution is -0.121. The summed E-state index contributed by atoms with van der Waals surface area (Å²) in [6.45, 7) is 0. The zero-order valence-corrected chi connectivity index (χ0v) is 9.52. The monoisotopic (exact) mass is 214 g/mol. The maximum atomic E-state index is 11.6. The summed E-state index contributed by atoms with van der Waals surface area (Å²) < 4.78 is 5.40. The van der Waals surface area contributed by atoms with Crippen LogP contribution in [0.2, 0.25) is 0 Å². The fraction of sp³-hybridized carbons (Fsp3) is 0.909. The Bertz CT molecular complexity index is 217. The van der Waals surface area contributed by atoms with Crippen LogP contribution in [0.4, 0.5) is 0 Å². The predicted molar refractivity (Wildman–Crippen MR) is 58.6 cm³/mol. The first-order chi connectivity index (χ1) is 6.81. The topological polar surface area (TPSA) is 26.3 Å². The Morgan fingerprint density at radius 3 is 2.93 bits per heavy atom. The van der Waals surface area contributed by atoms with Gasteiger partial charge in [0.2, 0.25) is 0 Å². The van der Waals surface area contributed by atoms with Crippen molar-refractivity contribution in [3.05, 3.63) is 0 Å². The van der Waals surface area contributed by atoms with Gasteiger partial charge in [0.05, 0.1) is 11.9 Å². The van der Waals surface area contributed by atoms with Crippen molar-refractivity contribution in [1.29, 1.82) is 0 Å². The largest absolute Gasteiger partial charge is 0.381 e. The van der Waals surface area contributed by atoms with Gasteiger partial charge >= 0.3 is 0 Å². The molecule has 2 nitrogen and oxygen atoms in total. The standard InChI is InChI=1S/C11H18O2S/c1-13-9-4-2-3-8(5-9)10-6-14-7-11(10)12/h8-10H,2-7H2,1H3. The summed E-state index contributed by atoms with van der Waals surface area (Å²) in [5.74, 6) is 3.24. The highest BCUT2D eigenvalue weighted by molar-refractivity contribution is 8.00. The van der Waals surface area contributed by atoms with E-state index >= 15 is 0 Å².